The maximum atomic E-state index is 12.6. The number of halogens is 2. The van der Waals surface area contributed by atoms with Gasteiger partial charge in [-0.1, -0.05) is 41.4 Å². The molecule has 0 radical (unpaired) electrons. The first-order chi connectivity index (χ1) is 17.2. The molecule has 196 valence electrons. The molecule has 1 aliphatic heterocycles. The Morgan fingerprint density at radius 1 is 1.00 bits per heavy atom. The van der Waals surface area contributed by atoms with Crippen LogP contribution in [-0.2, 0) is 27.3 Å². The quantitative estimate of drug-likeness (QED) is 0.432. The van der Waals surface area contributed by atoms with Crippen LogP contribution in [-0.4, -0.2) is 66.8 Å². The lowest BCUT2D eigenvalue weighted by molar-refractivity contribution is -0.159. The van der Waals surface area contributed by atoms with E-state index in [4.69, 9.17) is 52.5 Å². The minimum Gasteiger partial charge on any atom is -0.493 e. The van der Waals surface area contributed by atoms with Gasteiger partial charge < -0.3 is 25.0 Å². The Hall–Kier alpha value is -3.01. The number of amides is 1. The second-order valence-electron chi connectivity index (χ2n) is 8.10. The first-order valence-electron chi connectivity index (χ1n) is 11.3. The van der Waals surface area contributed by atoms with Crippen LogP contribution in [0.5, 0.6) is 11.5 Å². The van der Waals surface area contributed by atoms with Crippen molar-refractivity contribution >= 4 is 41.0 Å². The number of carboxylic acid groups (broad SMARTS) is 2. The van der Waals surface area contributed by atoms with Crippen LogP contribution < -0.4 is 14.8 Å². The van der Waals surface area contributed by atoms with E-state index in [0.29, 0.717) is 28.1 Å². The van der Waals surface area contributed by atoms with Crippen molar-refractivity contribution in [1.29, 1.82) is 0 Å². The molecule has 0 atom stereocenters. The molecule has 1 amide bonds. The van der Waals surface area contributed by atoms with Crippen LogP contribution in [0.3, 0.4) is 0 Å². The summed E-state index contributed by atoms with van der Waals surface area (Å²) in [5, 5.41) is 19.1. The summed E-state index contributed by atoms with van der Waals surface area (Å²) in [6.45, 7) is 3.10. The van der Waals surface area contributed by atoms with E-state index >= 15 is 0 Å². The van der Waals surface area contributed by atoms with E-state index in [1.807, 2.05) is 30.3 Å². The number of benzene rings is 2. The van der Waals surface area contributed by atoms with E-state index in [0.717, 1.165) is 50.0 Å². The number of nitrogens with one attached hydrogen (secondary N) is 1. The highest BCUT2D eigenvalue weighted by Gasteiger charge is 2.25. The Labute approximate surface area is 219 Å². The molecule has 1 saturated heterocycles. The lowest BCUT2D eigenvalue weighted by Gasteiger charge is -2.31. The Morgan fingerprint density at radius 2 is 1.64 bits per heavy atom. The fraction of sp³-hybridized carbons (Fsp3) is 0.400. The number of methoxy groups -OCH3 is 2. The number of nitrogens with zero attached hydrogens (tertiary/aromatic N) is 1. The van der Waals surface area contributed by atoms with Gasteiger partial charge in [0.15, 0.2) is 11.5 Å². The standard InChI is InChI=1S/C23H28Cl2N2O3.C2H2O4/c1-29-20-7-6-16(14-21(20)30-2)8-11-26-23(28)17-9-12-27(13-10-17)15-18-4-3-5-19(24)22(18)25;3-1(4)2(5)6/h3-7,14,17H,8-13,15H2,1-2H3,(H,26,28);(H,3,4)(H,5,6). The second kappa shape index (κ2) is 14.5. The van der Waals surface area contributed by atoms with E-state index in [2.05, 4.69) is 10.2 Å². The molecular formula is C25H30Cl2N2O7. The van der Waals surface area contributed by atoms with Gasteiger partial charge in [0.1, 0.15) is 0 Å². The molecule has 1 fully saturated rings. The normalized spacial score (nSPS) is 13.8. The minimum absolute atomic E-state index is 0.0569. The van der Waals surface area contributed by atoms with Gasteiger partial charge in [-0.3, -0.25) is 9.69 Å². The third-order valence-electron chi connectivity index (χ3n) is 5.73. The molecule has 1 heterocycles. The van der Waals surface area contributed by atoms with Crippen LogP contribution in [0, 0.1) is 5.92 Å². The van der Waals surface area contributed by atoms with Crippen molar-refractivity contribution in [3.05, 3.63) is 57.6 Å². The monoisotopic (exact) mass is 540 g/mol. The zero-order chi connectivity index (χ0) is 26.7. The van der Waals surface area contributed by atoms with E-state index in [1.54, 1.807) is 20.3 Å². The number of hydrogen-bond acceptors (Lipinski definition) is 6. The molecule has 0 spiro atoms. The summed E-state index contributed by atoms with van der Waals surface area (Å²) in [5.74, 6) is -2.05. The summed E-state index contributed by atoms with van der Waals surface area (Å²) < 4.78 is 10.6. The Kier molecular flexibility index (Phi) is 11.8. The number of piperidine rings is 1. The maximum Gasteiger partial charge on any atom is 0.414 e. The van der Waals surface area contributed by atoms with Crippen LogP contribution >= 0.6 is 23.2 Å². The molecule has 9 nitrogen and oxygen atoms in total. The number of likely N-dealkylation sites (tertiary alicyclic amines) is 1. The predicted molar refractivity (Wildman–Crippen MR) is 136 cm³/mol. The van der Waals surface area contributed by atoms with Gasteiger partial charge in [0, 0.05) is 19.0 Å². The van der Waals surface area contributed by atoms with Crippen LogP contribution in [0.15, 0.2) is 36.4 Å². The molecule has 0 unspecified atom stereocenters. The molecule has 11 heteroatoms. The predicted octanol–water partition coefficient (Wildman–Crippen LogP) is 3.74. The molecule has 2 aromatic carbocycles. The van der Waals surface area contributed by atoms with E-state index in [-0.39, 0.29) is 11.8 Å². The molecule has 0 bridgehead atoms. The SMILES string of the molecule is COc1ccc(CCNC(=O)C2CCN(Cc3cccc(Cl)c3Cl)CC2)cc1OC.O=C(O)C(=O)O. The average molecular weight is 541 g/mol. The van der Waals surface area contributed by atoms with Gasteiger partial charge in [0.25, 0.3) is 0 Å². The molecule has 0 aromatic heterocycles. The fourth-order valence-electron chi connectivity index (χ4n) is 3.78. The van der Waals surface area contributed by atoms with Crippen LogP contribution in [0.4, 0.5) is 0 Å². The maximum absolute atomic E-state index is 12.6. The lowest BCUT2D eigenvalue weighted by Crippen LogP contribution is -2.40. The number of carbonyl (C=O) groups is 3. The molecule has 3 N–H and O–H groups in total. The summed E-state index contributed by atoms with van der Waals surface area (Å²) in [5.41, 5.74) is 2.13. The lowest BCUT2D eigenvalue weighted by atomic mass is 9.95. The number of ether oxygens (including phenoxy) is 2. The zero-order valence-corrected chi connectivity index (χ0v) is 21.6. The highest BCUT2D eigenvalue weighted by atomic mass is 35.5. The number of carboxylic acids is 2. The summed E-state index contributed by atoms with van der Waals surface area (Å²) in [7, 11) is 3.24. The highest BCUT2D eigenvalue weighted by molar-refractivity contribution is 6.42. The molecule has 1 aliphatic rings. The summed E-state index contributed by atoms with van der Waals surface area (Å²) >= 11 is 12.4. The van der Waals surface area contributed by atoms with E-state index in [9.17, 15) is 4.79 Å². The van der Waals surface area contributed by atoms with E-state index < -0.39 is 11.9 Å². The zero-order valence-electron chi connectivity index (χ0n) is 20.1. The van der Waals surface area contributed by atoms with Crippen LogP contribution in [0.2, 0.25) is 10.0 Å². The summed E-state index contributed by atoms with van der Waals surface area (Å²) in [6.07, 6.45) is 2.44. The number of rotatable bonds is 8. The largest absolute Gasteiger partial charge is 0.493 e. The van der Waals surface area contributed by atoms with Gasteiger partial charge in [-0.15, -0.1) is 0 Å². The molecule has 36 heavy (non-hydrogen) atoms. The van der Waals surface area contributed by atoms with Crippen molar-refractivity contribution in [3.63, 3.8) is 0 Å². The van der Waals surface area contributed by atoms with Crippen molar-refractivity contribution in [2.45, 2.75) is 25.8 Å². The average Bonchev–Trinajstić information content (AvgIpc) is 2.87. The van der Waals surface area contributed by atoms with Crippen molar-refractivity contribution in [3.8, 4) is 11.5 Å². The topological polar surface area (TPSA) is 125 Å². The highest BCUT2D eigenvalue weighted by Crippen LogP contribution is 2.29. The van der Waals surface area contributed by atoms with E-state index in [1.165, 1.54) is 0 Å². The van der Waals surface area contributed by atoms with Gasteiger partial charge in [-0.2, -0.15) is 0 Å². The molecular weight excluding hydrogens is 511 g/mol. The third-order valence-corrected chi connectivity index (χ3v) is 6.59. The summed E-state index contributed by atoms with van der Waals surface area (Å²) in [4.78, 5) is 33.1. The molecule has 3 rings (SSSR count). The van der Waals surface area contributed by atoms with Gasteiger partial charge in [-0.25, -0.2) is 9.59 Å². The first kappa shape index (κ1) is 29.2. The molecule has 2 aromatic rings. The van der Waals surface area contributed by atoms with Crippen molar-refractivity contribution < 1.29 is 34.1 Å². The van der Waals surface area contributed by atoms with Gasteiger partial charge >= 0.3 is 11.9 Å². The van der Waals surface area contributed by atoms with Crippen molar-refractivity contribution in [2.24, 2.45) is 5.92 Å². The van der Waals surface area contributed by atoms with Gasteiger partial charge in [0.2, 0.25) is 5.91 Å². The van der Waals surface area contributed by atoms with Gasteiger partial charge in [0.05, 0.1) is 24.3 Å². The van der Waals surface area contributed by atoms with Crippen molar-refractivity contribution in [1.82, 2.24) is 10.2 Å². The molecule has 0 aliphatic carbocycles. The Bertz CT molecular complexity index is 1040. The minimum atomic E-state index is -1.82. The number of carbonyl (C=O) groups excluding carboxylic acids is 1. The number of aliphatic carboxylic acids is 2. The second-order valence-corrected chi connectivity index (χ2v) is 8.89. The van der Waals surface area contributed by atoms with Gasteiger partial charge in [-0.05, 0) is 61.7 Å². The van der Waals surface area contributed by atoms with Crippen LogP contribution in [0.25, 0.3) is 0 Å². The summed E-state index contributed by atoms with van der Waals surface area (Å²) in [6, 6.07) is 11.5. The third kappa shape index (κ3) is 8.89. The Balaban J connectivity index is 0.000000678. The number of hydrogen-bond donors (Lipinski definition) is 3. The first-order valence-corrected chi connectivity index (χ1v) is 12.0. The Morgan fingerprint density at radius 3 is 2.22 bits per heavy atom. The van der Waals surface area contributed by atoms with Crippen LogP contribution in [0.1, 0.15) is 24.0 Å². The van der Waals surface area contributed by atoms with Crippen molar-refractivity contribution in [2.75, 3.05) is 33.9 Å². The smallest absolute Gasteiger partial charge is 0.414 e. The fourth-order valence-corrected chi connectivity index (χ4v) is 4.16. The molecule has 0 saturated carbocycles.